The van der Waals surface area contributed by atoms with Crippen molar-refractivity contribution in [2.24, 2.45) is 0 Å². The first-order chi connectivity index (χ1) is 27.8. The summed E-state index contributed by atoms with van der Waals surface area (Å²) >= 11 is 0. The molecule has 57 heavy (non-hydrogen) atoms. The molecule has 7 rings (SSSR count). The predicted octanol–water partition coefficient (Wildman–Crippen LogP) is 11.2. The summed E-state index contributed by atoms with van der Waals surface area (Å²) in [5.74, 6) is 0.689. The number of hydrogen-bond acceptors (Lipinski definition) is 6. The summed E-state index contributed by atoms with van der Waals surface area (Å²) in [6, 6.07) is 51.0. The first-order valence-corrected chi connectivity index (χ1v) is 19.3. The van der Waals surface area contributed by atoms with E-state index in [2.05, 4.69) is 122 Å². The van der Waals surface area contributed by atoms with E-state index in [4.69, 9.17) is 18.9 Å². The van der Waals surface area contributed by atoms with Crippen LogP contribution in [0, 0.1) is 0 Å². The fourth-order valence-electron chi connectivity index (χ4n) is 7.55. The van der Waals surface area contributed by atoms with Gasteiger partial charge in [0.25, 0.3) is 0 Å². The molecule has 0 radical (unpaired) electrons. The first kappa shape index (κ1) is 38.6. The van der Waals surface area contributed by atoms with Crippen LogP contribution in [0.2, 0.25) is 0 Å². The van der Waals surface area contributed by atoms with Crippen molar-refractivity contribution >= 4 is 11.9 Å². The summed E-state index contributed by atoms with van der Waals surface area (Å²) in [6.45, 7) is 11.8. The zero-order chi connectivity index (χ0) is 39.8. The van der Waals surface area contributed by atoms with E-state index in [0.29, 0.717) is 37.2 Å². The molecule has 0 fully saturated rings. The third-order valence-corrected chi connectivity index (χ3v) is 10.2. The number of ether oxygens (including phenoxy) is 4. The summed E-state index contributed by atoms with van der Waals surface area (Å²) in [4.78, 5) is 23.9. The summed E-state index contributed by atoms with van der Waals surface area (Å²) in [7, 11) is 0. The molecule has 0 atom stereocenters. The van der Waals surface area contributed by atoms with Crippen LogP contribution < -0.4 is 9.47 Å². The molecule has 0 N–H and O–H groups in total. The Kier molecular flexibility index (Phi) is 11.8. The highest BCUT2D eigenvalue weighted by Crippen LogP contribution is 2.57. The van der Waals surface area contributed by atoms with Gasteiger partial charge in [0, 0.05) is 35.1 Å². The lowest BCUT2D eigenvalue weighted by molar-refractivity contribution is -0.140. The van der Waals surface area contributed by atoms with Crippen molar-refractivity contribution < 1.29 is 28.5 Å². The van der Waals surface area contributed by atoms with Crippen molar-refractivity contribution in [3.63, 3.8) is 0 Å². The molecule has 0 saturated carbocycles. The SMILES string of the molecule is C=C(C)C(=O)OCCCOc1ccc(C2(c3ccc(OCCCOC(=O)C(=C)C)c(-c4ccccc4)c3)c3ccccc3-c3ccccc32)cc1-c1ccccc1. The number of fused-ring (bicyclic) bond motifs is 3. The third kappa shape index (κ3) is 8.03. The molecule has 286 valence electrons. The highest BCUT2D eigenvalue weighted by atomic mass is 16.5. The largest absolute Gasteiger partial charge is 0.493 e. The number of benzene rings is 6. The zero-order valence-electron chi connectivity index (χ0n) is 32.5. The molecule has 0 bridgehead atoms. The van der Waals surface area contributed by atoms with Gasteiger partial charge < -0.3 is 18.9 Å². The molecule has 6 aromatic rings. The van der Waals surface area contributed by atoms with Crippen LogP contribution in [0.1, 0.15) is 48.9 Å². The minimum absolute atomic E-state index is 0.243. The second-order valence-electron chi connectivity index (χ2n) is 14.2. The van der Waals surface area contributed by atoms with E-state index in [-0.39, 0.29) is 13.2 Å². The molecule has 6 nitrogen and oxygen atoms in total. The summed E-state index contributed by atoms with van der Waals surface area (Å²) < 4.78 is 23.5. The Balaban J connectivity index is 1.35. The molecule has 0 saturated heterocycles. The van der Waals surface area contributed by atoms with E-state index in [1.807, 2.05) is 36.4 Å². The maximum absolute atomic E-state index is 11.9. The van der Waals surface area contributed by atoms with Crippen molar-refractivity contribution in [2.45, 2.75) is 32.1 Å². The van der Waals surface area contributed by atoms with Gasteiger partial charge in [-0.05, 0) is 82.6 Å². The molecule has 0 spiro atoms. The number of esters is 2. The quantitative estimate of drug-likeness (QED) is 0.0556. The van der Waals surface area contributed by atoms with Crippen LogP contribution >= 0.6 is 0 Å². The Labute approximate surface area is 335 Å². The highest BCUT2D eigenvalue weighted by Gasteiger charge is 2.46. The minimum atomic E-state index is -0.704. The normalized spacial score (nSPS) is 12.2. The fraction of sp³-hybridized carbons (Fsp3) is 0.176. The Morgan fingerprint density at radius 3 is 1.26 bits per heavy atom. The molecule has 0 aromatic heterocycles. The molecule has 0 heterocycles. The summed E-state index contributed by atoms with van der Waals surface area (Å²) in [5, 5.41) is 0. The number of carbonyl (C=O) groups excluding carboxylic acids is 2. The summed E-state index contributed by atoms with van der Waals surface area (Å²) in [5.41, 5.74) is 10.9. The van der Waals surface area contributed by atoms with Crippen LogP contribution in [-0.2, 0) is 24.5 Å². The van der Waals surface area contributed by atoms with Gasteiger partial charge in [-0.15, -0.1) is 0 Å². The lowest BCUT2D eigenvalue weighted by Gasteiger charge is -2.35. The van der Waals surface area contributed by atoms with E-state index in [0.717, 1.165) is 44.9 Å². The molecule has 6 heteroatoms. The van der Waals surface area contributed by atoms with Crippen molar-refractivity contribution in [1.29, 1.82) is 0 Å². The molecule has 0 unspecified atom stereocenters. The minimum Gasteiger partial charge on any atom is -0.493 e. The van der Waals surface area contributed by atoms with E-state index in [1.54, 1.807) is 13.8 Å². The Morgan fingerprint density at radius 2 is 0.860 bits per heavy atom. The number of carbonyl (C=O) groups is 2. The third-order valence-electron chi connectivity index (χ3n) is 10.2. The summed E-state index contributed by atoms with van der Waals surface area (Å²) in [6.07, 6.45) is 1.08. The first-order valence-electron chi connectivity index (χ1n) is 19.3. The monoisotopic (exact) mass is 754 g/mol. The Morgan fingerprint density at radius 1 is 0.474 bits per heavy atom. The van der Waals surface area contributed by atoms with Gasteiger partial charge in [0.05, 0.1) is 31.8 Å². The van der Waals surface area contributed by atoms with Gasteiger partial charge >= 0.3 is 11.9 Å². The molecule has 0 aliphatic heterocycles. The van der Waals surface area contributed by atoms with Gasteiger partial charge in [-0.1, -0.05) is 134 Å². The van der Waals surface area contributed by atoms with Gasteiger partial charge in [0.1, 0.15) is 11.5 Å². The van der Waals surface area contributed by atoms with Gasteiger partial charge in [-0.25, -0.2) is 9.59 Å². The van der Waals surface area contributed by atoms with E-state index in [1.165, 1.54) is 22.3 Å². The lowest BCUT2D eigenvalue weighted by atomic mass is 9.67. The number of hydrogen-bond donors (Lipinski definition) is 0. The smallest absolute Gasteiger partial charge is 0.333 e. The average Bonchev–Trinajstić information content (AvgIpc) is 3.55. The van der Waals surface area contributed by atoms with Crippen molar-refractivity contribution in [3.05, 3.63) is 192 Å². The van der Waals surface area contributed by atoms with Crippen LogP contribution in [0.25, 0.3) is 33.4 Å². The fourth-order valence-corrected chi connectivity index (χ4v) is 7.55. The molecule has 6 aromatic carbocycles. The molecule has 0 amide bonds. The van der Waals surface area contributed by atoms with Crippen LogP contribution in [-0.4, -0.2) is 38.4 Å². The van der Waals surface area contributed by atoms with Crippen LogP contribution in [0.3, 0.4) is 0 Å². The molecular formula is C51H46O6. The maximum Gasteiger partial charge on any atom is 0.333 e. The van der Waals surface area contributed by atoms with Crippen LogP contribution in [0.5, 0.6) is 11.5 Å². The predicted molar refractivity (Wildman–Crippen MR) is 226 cm³/mol. The Hall–Kier alpha value is -6.66. The van der Waals surface area contributed by atoms with Crippen molar-refractivity contribution in [3.8, 4) is 44.9 Å². The van der Waals surface area contributed by atoms with Crippen LogP contribution in [0.15, 0.2) is 170 Å². The molecule has 1 aliphatic carbocycles. The van der Waals surface area contributed by atoms with E-state index < -0.39 is 17.4 Å². The standard InChI is InChI=1S/C51H46O6/c1-35(2)49(52)56-31-15-29-54-47-27-25-39(33-43(47)37-17-7-5-8-18-37)51(45-23-13-11-21-41(45)42-22-12-14-24-46(42)51)40-26-28-48(44(34-40)38-19-9-6-10-20-38)55-30-16-32-57-50(53)36(3)4/h5-14,17-28,33-34H,1,3,15-16,29-32H2,2,4H3. The van der Waals surface area contributed by atoms with Crippen molar-refractivity contribution in [1.82, 2.24) is 0 Å². The van der Waals surface area contributed by atoms with Gasteiger partial charge in [-0.2, -0.15) is 0 Å². The van der Waals surface area contributed by atoms with Crippen LogP contribution in [0.4, 0.5) is 0 Å². The number of rotatable bonds is 16. The lowest BCUT2D eigenvalue weighted by Crippen LogP contribution is -2.29. The maximum atomic E-state index is 11.9. The Bertz CT molecular complexity index is 2240. The van der Waals surface area contributed by atoms with E-state index in [9.17, 15) is 9.59 Å². The topological polar surface area (TPSA) is 71.1 Å². The van der Waals surface area contributed by atoms with E-state index >= 15 is 0 Å². The zero-order valence-corrected chi connectivity index (χ0v) is 32.5. The second-order valence-corrected chi connectivity index (χ2v) is 14.2. The molecule has 1 aliphatic rings. The molecular weight excluding hydrogens is 709 g/mol. The van der Waals surface area contributed by atoms with Gasteiger partial charge in [0.2, 0.25) is 0 Å². The van der Waals surface area contributed by atoms with Crippen molar-refractivity contribution in [2.75, 3.05) is 26.4 Å². The van der Waals surface area contributed by atoms with Gasteiger partial charge in [0.15, 0.2) is 0 Å². The average molecular weight is 755 g/mol. The van der Waals surface area contributed by atoms with Gasteiger partial charge in [-0.3, -0.25) is 0 Å². The highest BCUT2D eigenvalue weighted by molar-refractivity contribution is 5.89. The second kappa shape index (κ2) is 17.4.